The molecule has 0 aliphatic heterocycles. The molecule has 1 rings (SSSR count). The molecule has 0 radical (unpaired) electrons. The zero-order valence-corrected chi connectivity index (χ0v) is 8.98. The highest BCUT2D eigenvalue weighted by molar-refractivity contribution is 5.94. The lowest BCUT2D eigenvalue weighted by Gasteiger charge is -2.21. The van der Waals surface area contributed by atoms with E-state index in [1.54, 1.807) is 38.1 Å². The van der Waals surface area contributed by atoms with Gasteiger partial charge in [0, 0.05) is 5.56 Å². The zero-order valence-electron chi connectivity index (χ0n) is 8.98. The van der Waals surface area contributed by atoms with Crippen LogP contribution in [-0.4, -0.2) is 11.0 Å². The van der Waals surface area contributed by atoms with E-state index >= 15 is 0 Å². The van der Waals surface area contributed by atoms with Crippen LogP contribution in [-0.2, 0) is 15.5 Å². The molecule has 1 aromatic carbocycles. The van der Waals surface area contributed by atoms with Gasteiger partial charge in [-0.2, -0.15) is 4.89 Å². The second kappa shape index (κ2) is 4.53. The predicted molar refractivity (Wildman–Crippen MR) is 54.3 cm³/mol. The average molecular weight is 210 g/mol. The van der Waals surface area contributed by atoms with Crippen molar-refractivity contribution in [3.05, 3.63) is 35.4 Å². The van der Waals surface area contributed by atoms with Crippen molar-refractivity contribution in [3.8, 4) is 0 Å². The van der Waals surface area contributed by atoms with Crippen LogP contribution in [0.2, 0.25) is 0 Å². The molecule has 0 unspecified atom stereocenters. The Morgan fingerprint density at radius 2 is 1.80 bits per heavy atom. The van der Waals surface area contributed by atoms with Crippen LogP contribution in [0, 0.1) is 0 Å². The molecule has 0 aliphatic rings. The van der Waals surface area contributed by atoms with Gasteiger partial charge in [0.2, 0.25) is 0 Å². The molecule has 4 nitrogen and oxygen atoms in total. The third-order valence-corrected chi connectivity index (χ3v) is 2.23. The van der Waals surface area contributed by atoms with Crippen molar-refractivity contribution in [2.75, 3.05) is 0 Å². The molecule has 15 heavy (non-hydrogen) atoms. The van der Waals surface area contributed by atoms with Gasteiger partial charge in [-0.25, -0.2) is 5.26 Å². The van der Waals surface area contributed by atoms with Crippen molar-refractivity contribution in [1.29, 1.82) is 0 Å². The maximum absolute atomic E-state index is 11.0. The van der Waals surface area contributed by atoms with E-state index in [1.807, 2.05) is 0 Å². The Kier molecular flexibility index (Phi) is 3.57. The van der Waals surface area contributed by atoms with Crippen LogP contribution in [0.5, 0.6) is 0 Å². The summed E-state index contributed by atoms with van der Waals surface area (Å²) in [6.45, 7) is 4.99. The summed E-state index contributed by atoms with van der Waals surface area (Å²) in [5, 5.41) is 11.9. The van der Waals surface area contributed by atoms with E-state index in [9.17, 15) is 4.79 Å². The largest absolute Gasteiger partial charge is 0.295 e. The quantitative estimate of drug-likeness (QED) is 0.471. The summed E-state index contributed by atoms with van der Waals surface area (Å²) >= 11 is 0. The summed E-state index contributed by atoms with van der Waals surface area (Å²) in [5.41, 5.74) is 0.686. The fraction of sp³-hybridized carbons (Fsp3) is 0.364. The van der Waals surface area contributed by atoms with Crippen LogP contribution < -0.4 is 0 Å². The molecule has 0 fully saturated rings. The van der Waals surface area contributed by atoms with Crippen LogP contribution in [0.4, 0.5) is 0 Å². The minimum atomic E-state index is -0.760. The molecule has 82 valence electrons. The fourth-order valence-corrected chi connectivity index (χ4v) is 1.25. The van der Waals surface area contributed by atoms with Gasteiger partial charge in [0.15, 0.2) is 5.78 Å². The van der Waals surface area contributed by atoms with Crippen molar-refractivity contribution in [2.24, 2.45) is 0 Å². The lowest BCUT2D eigenvalue weighted by molar-refractivity contribution is -0.525. The van der Waals surface area contributed by atoms with E-state index < -0.39 is 5.60 Å². The van der Waals surface area contributed by atoms with Gasteiger partial charge in [-0.3, -0.25) is 4.79 Å². The van der Waals surface area contributed by atoms with E-state index in [2.05, 4.69) is 9.93 Å². The number of benzene rings is 1. The second-order valence-electron chi connectivity index (χ2n) is 3.80. The topological polar surface area (TPSA) is 55.8 Å². The van der Waals surface area contributed by atoms with Crippen molar-refractivity contribution < 1.29 is 20.0 Å². The smallest absolute Gasteiger partial charge is 0.159 e. The third-order valence-electron chi connectivity index (χ3n) is 2.23. The third kappa shape index (κ3) is 2.86. The van der Waals surface area contributed by atoms with Crippen molar-refractivity contribution >= 4 is 5.78 Å². The van der Waals surface area contributed by atoms with Gasteiger partial charge in [0.05, 0.1) is 0 Å². The Morgan fingerprint density at radius 3 is 2.20 bits per heavy atom. The molecule has 0 saturated carbocycles. The number of ketones is 1. The van der Waals surface area contributed by atoms with Gasteiger partial charge >= 0.3 is 0 Å². The Bertz CT molecular complexity index is 340. The molecule has 0 saturated heterocycles. The monoisotopic (exact) mass is 210 g/mol. The normalized spacial score (nSPS) is 11.5. The number of carbonyl (C=O) groups excluding carboxylic acids is 1. The highest BCUT2D eigenvalue weighted by Gasteiger charge is 2.23. The molecule has 0 heterocycles. The first-order valence-corrected chi connectivity index (χ1v) is 4.58. The van der Waals surface area contributed by atoms with Gasteiger partial charge in [0.1, 0.15) is 5.60 Å². The lowest BCUT2D eigenvalue weighted by Crippen LogP contribution is -2.21. The second-order valence-corrected chi connectivity index (χ2v) is 3.80. The highest BCUT2D eigenvalue weighted by atomic mass is 17.5. The minimum absolute atomic E-state index is 0.0127. The molecule has 0 aromatic heterocycles. The van der Waals surface area contributed by atoms with E-state index in [1.165, 1.54) is 6.92 Å². The minimum Gasteiger partial charge on any atom is -0.295 e. The molecule has 4 heteroatoms. The molecule has 0 atom stereocenters. The van der Waals surface area contributed by atoms with Gasteiger partial charge in [-0.05, 0) is 26.3 Å². The number of hydrogen-bond acceptors (Lipinski definition) is 4. The van der Waals surface area contributed by atoms with Gasteiger partial charge in [-0.1, -0.05) is 29.3 Å². The number of carbonyl (C=O) groups is 1. The molecule has 0 amide bonds. The predicted octanol–water partition coefficient (Wildman–Crippen LogP) is 2.55. The maximum Gasteiger partial charge on any atom is 0.159 e. The molecule has 1 aromatic rings. The highest BCUT2D eigenvalue weighted by Crippen LogP contribution is 2.24. The standard InChI is InChI=1S/C11H14O4/c1-8(12)9-4-6-10(7-5-9)11(2,3)14-15-13/h4-7,13H,1-3H3. The van der Waals surface area contributed by atoms with Crippen molar-refractivity contribution in [3.63, 3.8) is 0 Å². The first-order chi connectivity index (χ1) is 6.97. The molecular formula is C11H14O4. The number of Topliss-reactive ketones (excluding diaryl/α,β-unsaturated/α-hetero) is 1. The van der Waals surface area contributed by atoms with Gasteiger partial charge in [0.25, 0.3) is 0 Å². The van der Waals surface area contributed by atoms with Gasteiger partial charge in [-0.15, -0.1) is 0 Å². The molecule has 0 aliphatic carbocycles. The first-order valence-electron chi connectivity index (χ1n) is 4.58. The SMILES string of the molecule is CC(=O)c1ccc(C(C)(C)OOO)cc1. The molecule has 0 bridgehead atoms. The van der Waals surface area contributed by atoms with Crippen LogP contribution in [0.1, 0.15) is 36.7 Å². The van der Waals surface area contributed by atoms with E-state index in [4.69, 9.17) is 5.26 Å². The fourth-order valence-electron chi connectivity index (χ4n) is 1.25. The van der Waals surface area contributed by atoms with E-state index in [0.29, 0.717) is 5.56 Å². The average Bonchev–Trinajstić information content (AvgIpc) is 2.18. The molecule has 0 spiro atoms. The van der Waals surface area contributed by atoms with Crippen LogP contribution >= 0.6 is 0 Å². The van der Waals surface area contributed by atoms with Crippen LogP contribution in [0.3, 0.4) is 0 Å². The Labute approximate surface area is 88.3 Å². The summed E-state index contributed by atoms with van der Waals surface area (Å²) in [5.74, 6) is 0.0127. The first kappa shape index (κ1) is 11.8. The summed E-state index contributed by atoms with van der Waals surface area (Å²) in [7, 11) is 0. The van der Waals surface area contributed by atoms with E-state index in [-0.39, 0.29) is 5.78 Å². The lowest BCUT2D eigenvalue weighted by atomic mass is 9.97. The summed E-state index contributed by atoms with van der Waals surface area (Å²) in [4.78, 5) is 15.7. The zero-order chi connectivity index (χ0) is 11.5. The number of hydrogen-bond donors (Lipinski definition) is 1. The van der Waals surface area contributed by atoms with Crippen LogP contribution in [0.25, 0.3) is 0 Å². The van der Waals surface area contributed by atoms with Crippen molar-refractivity contribution in [2.45, 2.75) is 26.4 Å². The molecule has 1 N–H and O–H groups in total. The number of rotatable bonds is 4. The van der Waals surface area contributed by atoms with E-state index in [0.717, 1.165) is 5.56 Å². The summed E-state index contributed by atoms with van der Waals surface area (Å²) in [6, 6.07) is 6.94. The Morgan fingerprint density at radius 1 is 1.27 bits per heavy atom. The summed E-state index contributed by atoms with van der Waals surface area (Å²) in [6.07, 6.45) is 0. The van der Waals surface area contributed by atoms with Crippen LogP contribution in [0.15, 0.2) is 24.3 Å². The maximum atomic E-state index is 11.0. The van der Waals surface area contributed by atoms with Crippen molar-refractivity contribution in [1.82, 2.24) is 0 Å². The Hall–Kier alpha value is -1.23. The van der Waals surface area contributed by atoms with Gasteiger partial charge < -0.3 is 0 Å². The molecular weight excluding hydrogens is 196 g/mol. The Balaban J connectivity index is 2.93. The summed E-state index contributed by atoms with van der Waals surface area (Å²) < 4.78 is 0.